The number of amides is 2. The Morgan fingerprint density at radius 1 is 1.19 bits per heavy atom. The molecule has 8 nitrogen and oxygen atoms in total. The van der Waals surface area contributed by atoms with Crippen molar-refractivity contribution in [2.45, 2.75) is 43.8 Å². The third-order valence-electron chi connectivity index (χ3n) is 4.41. The van der Waals surface area contributed by atoms with E-state index in [1.54, 1.807) is 4.90 Å². The molecule has 0 aliphatic carbocycles. The van der Waals surface area contributed by atoms with E-state index in [9.17, 15) is 14.4 Å². The van der Waals surface area contributed by atoms with Crippen molar-refractivity contribution in [1.29, 1.82) is 0 Å². The number of nitrogens with zero attached hydrogens (tertiary/aromatic N) is 2. The van der Waals surface area contributed by atoms with E-state index in [2.05, 4.69) is 10.2 Å². The zero-order valence-electron chi connectivity index (χ0n) is 12.0. The first-order valence-electron chi connectivity index (χ1n) is 7.10. The van der Waals surface area contributed by atoms with Gasteiger partial charge in [-0.1, -0.05) is 0 Å². The van der Waals surface area contributed by atoms with Crippen LogP contribution in [0.15, 0.2) is 0 Å². The van der Waals surface area contributed by atoms with Gasteiger partial charge in [-0.2, -0.15) is 0 Å². The van der Waals surface area contributed by atoms with E-state index in [-0.39, 0.29) is 0 Å². The minimum absolute atomic E-state index is 0.297. The SMILES string of the molecule is CN1C2CCC1CN(C(=O)N[C@@H](CC(=O)O)C(=O)O)CC2. The molecule has 2 aliphatic rings. The summed E-state index contributed by atoms with van der Waals surface area (Å²) in [6.45, 7) is 1.12. The molecule has 2 aliphatic heterocycles. The maximum Gasteiger partial charge on any atom is 0.326 e. The van der Waals surface area contributed by atoms with Crippen molar-refractivity contribution in [3.05, 3.63) is 0 Å². The zero-order valence-corrected chi connectivity index (χ0v) is 12.0. The Labute approximate surface area is 122 Å². The number of likely N-dealkylation sites (tertiary alicyclic amines) is 1. The van der Waals surface area contributed by atoms with E-state index in [0.29, 0.717) is 25.2 Å². The number of carboxylic acid groups (broad SMARTS) is 2. The molecule has 2 heterocycles. The second-order valence-electron chi connectivity index (χ2n) is 5.72. The summed E-state index contributed by atoms with van der Waals surface area (Å²) in [6, 6.07) is -1.12. The zero-order chi connectivity index (χ0) is 15.6. The van der Waals surface area contributed by atoms with Gasteiger partial charge in [0.1, 0.15) is 6.04 Å². The van der Waals surface area contributed by atoms with Crippen LogP contribution in [0.5, 0.6) is 0 Å². The van der Waals surface area contributed by atoms with Crippen LogP contribution in [-0.4, -0.2) is 76.2 Å². The number of rotatable bonds is 4. The molecule has 0 saturated carbocycles. The van der Waals surface area contributed by atoms with Gasteiger partial charge >= 0.3 is 18.0 Å². The lowest BCUT2D eigenvalue weighted by atomic mass is 10.1. The molecule has 0 aromatic rings. The maximum atomic E-state index is 12.2. The van der Waals surface area contributed by atoms with Crippen molar-refractivity contribution < 1.29 is 24.6 Å². The molecule has 3 atom stereocenters. The normalized spacial score (nSPS) is 27.0. The number of hydrogen-bond donors (Lipinski definition) is 3. The first-order valence-corrected chi connectivity index (χ1v) is 7.10. The number of hydrogen-bond acceptors (Lipinski definition) is 4. The lowest BCUT2D eigenvalue weighted by Gasteiger charge is -2.27. The van der Waals surface area contributed by atoms with E-state index >= 15 is 0 Å². The number of fused-ring (bicyclic) bond motifs is 2. The van der Waals surface area contributed by atoms with Gasteiger partial charge in [0, 0.05) is 25.2 Å². The van der Waals surface area contributed by atoms with Gasteiger partial charge in [0.25, 0.3) is 0 Å². The van der Waals surface area contributed by atoms with Crippen LogP contribution in [0.1, 0.15) is 25.7 Å². The predicted octanol–water partition coefficient (Wildman–Crippen LogP) is -0.208. The van der Waals surface area contributed by atoms with Gasteiger partial charge in [0.05, 0.1) is 6.42 Å². The summed E-state index contributed by atoms with van der Waals surface area (Å²) in [6.07, 6.45) is 2.40. The molecule has 2 unspecified atom stereocenters. The van der Waals surface area contributed by atoms with Crippen molar-refractivity contribution in [2.24, 2.45) is 0 Å². The molecule has 3 N–H and O–H groups in total. The van der Waals surface area contributed by atoms with Crippen molar-refractivity contribution in [2.75, 3.05) is 20.1 Å². The summed E-state index contributed by atoms with van der Waals surface area (Å²) < 4.78 is 0. The molecule has 0 aromatic heterocycles. The van der Waals surface area contributed by atoms with Crippen LogP contribution < -0.4 is 5.32 Å². The summed E-state index contributed by atoms with van der Waals surface area (Å²) in [5, 5.41) is 20.0. The van der Waals surface area contributed by atoms with Crippen LogP contribution in [0.25, 0.3) is 0 Å². The lowest BCUT2D eigenvalue weighted by molar-refractivity contribution is -0.145. The fraction of sp³-hybridized carbons (Fsp3) is 0.769. The molecule has 8 heteroatoms. The third kappa shape index (κ3) is 3.63. The molecule has 118 valence electrons. The van der Waals surface area contributed by atoms with E-state index in [1.165, 1.54) is 0 Å². The Balaban J connectivity index is 1.96. The second-order valence-corrected chi connectivity index (χ2v) is 5.72. The monoisotopic (exact) mass is 299 g/mol. The smallest absolute Gasteiger partial charge is 0.326 e. The van der Waals surface area contributed by atoms with Gasteiger partial charge in [-0.15, -0.1) is 0 Å². The van der Waals surface area contributed by atoms with Crippen LogP contribution >= 0.6 is 0 Å². The van der Waals surface area contributed by atoms with Crippen LogP contribution in [0.2, 0.25) is 0 Å². The lowest BCUT2D eigenvalue weighted by Crippen LogP contribution is -2.50. The standard InChI is InChI=1S/C13H21N3O5/c1-15-8-2-3-9(15)7-16(5-4-8)13(21)14-10(12(19)20)6-11(17)18/h8-10H,2-7H2,1H3,(H,14,21)(H,17,18)(H,19,20)/t8?,9?,10-/m0/s1. The van der Waals surface area contributed by atoms with Gasteiger partial charge < -0.3 is 20.4 Å². The van der Waals surface area contributed by atoms with Gasteiger partial charge in [-0.25, -0.2) is 9.59 Å². The van der Waals surface area contributed by atoms with Gasteiger partial charge in [0.15, 0.2) is 0 Å². The van der Waals surface area contributed by atoms with E-state index in [0.717, 1.165) is 19.3 Å². The first kappa shape index (κ1) is 15.6. The van der Waals surface area contributed by atoms with Gasteiger partial charge in [-0.05, 0) is 26.3 Å². The van der Waals surface area contributed by atoms with E-state index < -0.39 is 30.4 Å². The fourth-order valence-electron chi connectivity index (χ4n) is 3.11. The third-order valence-corrected chi connectivity index (χ3v) is 4.41. The molecule has 0 aromatic carbocycles. The first-order chi connectivity index (χ1) is 9.88. The summed E-state index contributed by atoms with van der Waals surface area (Å²) in [4.78, 5) is 37.7. The summed E-state index contributed by atoms with van der Waals surface area (Å²) in [7, 11) is 2.05. The molecule has 21 heavy (non-hydrogen) atoms. The number of nitrogens with one attached hydrogen (secondary N) is 1. The minimum atomic E-state index is -1.40. The molecule has 2 fully saturated rings. The van der Waals surface area contributed by atoms with Crippen molar-refractivity contribution in [1.82, 2.24) is 15.1 Å². The van der Waals surface area contributed by atoms with Crippen molar-refractivity contribution >= 4 is 18.0 Å². The number of likely N-dealkylation sites (N-methyl/N-ethyl adjacent to an activating group) is 1. The van der Waals surface area contributed by atoms with Crippen LogP contribution in [0.3, 0.4) is 0 Å². The Morgan fingerprint density at radius 2 is 1.86 bits per heavy atom. The Kier molecular flexibility index (Phi) is 4.66. The number of aliphatic carboxylic acids is 2. The highest BCUT2D eigenvalue weighted by atomic mass is 16.4. The molecule has 0 spiro atoms. The molecule has 2 saturated heterocycles. The summed E-state index contributed by atoms with van der Waals surface area (Å²) in [5.74, 6) is -2.59. The average molecular weight is 299 g/mol. The Morgan fingerprint density at radius 3 is 2.48 bits per heavy atom. The maximum absolute atomic E-state index is 12.2. The molecule has 2 amide bonds. The van der Waals surface area contributed by atoms with E-state index in [1.807, 2.05) is 7.05 Å². The van der Waals surface area contributed by atoms with E-state index in [4.69, 9.17) is 10.2 Å². The minimum Gasteiger partial charge on any atom is -0.481 e. The fourth-order valence-corrected chi connectivity index (χ4v) is 3.11. The molecular formula is C13H21N3O5. The highest BCUT2D eigenvalue weighted by Gasteiger charge is 2.36. The molecular weight excluding hydrogens is 278 g/mol. The molecule has 2 bridgehead atoms. The van der Waals surface area contributed by atoms with Crippen LogP contribution in [-0.2, 0) is 9.59 Å². The summed E-state index contributed by atoms with van der Waals surface area (Å²) in [5.41, 5.74) is 0. The van der Waals surface area contributed by atoms with Gasteiger partial charge in [0.2, 0.25) is 0 Å². The average Bonchev–Trinajstić information content (AvgIpc) is 2.61. The Bertz CT molecular complexity index is 442. The number of urea groups is 1. The van der Waals surface area contributed by atoms with Gasteiger partial charge in [-0.3, -0.25) is 9.69 Å². The quantitative estimate of drug-likeness (QED) is 0.662. The number of carbonyl (C=O) groups is 3. The molecule has 2 rings (SSSR count). The highest BCUT2D eigenvalue weighted by molar-refractivity contribution is 5.86. The highest BCUT2D eigenvalue weighted by Crippen LogP contribution is 2.28. The number of carbonyl (C=O) groups excluding carboxylic acids is 1. The number of carboxylic acids is 2. The van der Waals surface area contributed by atoms with Crippen molar-refractivity contribution in [3.8, 4) is 0 Å². The largest absolute Gasteiger partial charge is 0.481 e. The summed E-state index contributed by atoms with van der Waals surface area (Å²) >= 11 is 0. The van der Waals surface area contributed by atoms with Crippen molar-refractivity contribution in [3.63, 3.8) is 0 Å². The second kappa shape index (κ2) is 6.30. The van der Waals surface area contributed by atoms with Crippen LogP contribution in [0.4, 0.5) is 4.79 Å². The Hall–Kier alpha value is -1.83. The predicted molar refractivity (Wildman–Crippen MR) is 73.0 cm³/mol. The molecule has 0 radical (unpaired) electrons. The topological polar surface area (TPSA) is 110 Å². The van der Waals surface area contributed by atoms with Crippen LogP contribution in [0, 0.1) is 0 Å².